The van der Waals surface area contributed by atoms with Crippen LogP contribution in [0.3, 0.4) is 0 Å². The van der Waals surface area contributed by atoms with E-state index in [1.807, 2.05) is 0 Å². The molecule has 17 heavy (non-hydrogen) atoms. The minimum atomic E-state index is -0.568. The number of ether oxygens (including phenoxy) is 1. The molecule has 1 aliphatic rings. The lowest BCUT2D eigenvalue weighted by molar-refractivity contribution is -0.0776. The summed E-state index contributed by atoms with van der Waals surface area (Å²) in [6, 6.07) is 4.19. The zero-order chi connectivity index (χ0) is 12.3. The molecule has 0 radical (unpaired) electrons. The molecule has 1 aliphatic heterocycles. The predicted molar refractivity (Wildman–Crippen MR) is 73.4 cm³/mol. The van der Waals surface area contributed by atoms with Crippen molar-refractivity contribution in [2.24, 2.45) is 0 Å². The fraction of sp³-hybridized carbons (Fsp3) is 0.667. The second-order valence-electron chi connectivity index (χ2n) is 4.71. The molecule has 96 valence electrons. The van der Waals surface area contributed by atoms with E-state index in [4.69, 9.17) is 4.74 Å². The molecule has 5 heteroatoms. The van der Waals surface area contributed by atoms with Crippen LogP contribution in [0, 0.1) is 0 Å². The van der Waals surface area contributed by atoms with Gasteiger partial charge < -0.3 is 9.84 Å². The fourth-order valence-electron chi connectivity index (χ4n) is 2.17. The van der Waals surface area contributed by atoms with E-state index >= 15 is 0 Å². The van der Waals surface area contributed by atoms with Crippen LogP contribution in [-0.2, 0) is 11.3 Å². The second kappa shape index (κ2) is 5.80. The van der Waals surface area contributed by atoms with Gasteiger partial charge in [0.2, 0.25) is 0 Å². The standard InChI is InChI=1S/C12H18BrNO2S/c1-14(8-10-2-3-11(13)17-10)9-12(15)4-6-16-7-5-12/h2-3,15H,4-9H2,1H3. The minimum absolute atomic E-state index is 0.568. The van der Waals surface area contributed by atoms with Gasteiger partial charge in [-0.1, -0.05) is 0 Å². The molecule has 1 aromatic heterocycles. The van der Waals surface area contributed by atoms with E-state index in [1.165, 1.54) is 4.88 Å². The molecule has 0 aromatic carbocycles. The van der Waals surface area contributed by atoms with Gasteiger partial charge >= 0.3 is 0 Å². The smallest absolute Gasteiger partial charge is 0.0817 e. The quantitative estimate of drug-likeness (QED) is 0.925. The van der Waals surface area contributed by atoms with E-state index in [2.05, 4.69) is 40.0 Å². The van der Waals surface area contributed by atoms with Crippen LogP contribution in [0.25, 0.3) is 0 Å². The van der Waals surface area contributed by atoms with E-state index in [0.29, 0.717) is 19.8 Å². The van der Waals surface area contributed by atoms with Gasteiger partial charge in [-0.3, -0.25) is 4.90 Å². The first-order chi connectivity index (χ1) is 8.07. The first kappa shape index (κ1) is 13.5. The molecule has 1 aromatic rings. The van der Waals surface area contributed by atoms with Gasteiger partial charge in [-0.25, -0.2) is 0 Å². The van der Waals surface area contributed by atoms with Crippen LogP contribution in [0.2, 0.25) is 0 Å². The lowest BCUT2D eigenvalue weighted by Crippen LogP contribution is -2.45. The Morgan fingerprint density at radius 2 is 2.18 bits per heavy atom. The summed E-state index contributed by atoms with van der Waals surface area (Å²) in [5.41, 5.74) is -0.568. The second-order valence-corrected chi connectivity index (χ2v) is 7.26. The summed E-state index contributed by atoms with van der Waals surface area (Å²) < 4.78 is 6.44. The number of rotatable bonds is 4. The lowest BCUT2D eigenvalue weighted by atomic mass is 9.94. The van der Waals surface area contributed by atoms with Crippen molar-refractivity contribution in [3.8, 4) is 0 Å². The molecular weight excluding hydrogens is 302 g/mol. The monoisotopic (exact) mass is 319 g/mol. The zero-order valence-corrected chi connectivity index (χ0v) is 12.4. The molecule has 2 rings (SSSR count). The van der Waals surface area contributed by atoms with Gasteiger partial charge in [-0.2, -0.15) is 0 Å². The van der Waals surface area contributed by atoms with Crippen LogP contribution in [0.5, 0.6) is 0 Å². The number of hydrogen-bond acceptors (Lipinski definition) is 4. The van der Waals surface area contributed by atoms with Crippen LogP contribution >= 0.6 is 27.3 Å². The summed E-state index contributed by atoms with van der Waals surface area (Å²) in [5.74, 6) is 0. The van der Waals surface area contributed by atoms with Gasteiger partial charge in [0.15, 0.2) is 0 Å². The molecule has 3 nitrogen and oxygen atoms in total. The topological polar surface area (TPSA) is 32.7 Å². The maximum atomic E-state index is 10.4. The number of hydrogen-bond donors (Lipinski definition) is 1. The van der Waals surface area contributed by atoms with Gasteiger partial charge in [0.1, 0.15) is 0 Å². The third-order valence-electron chi connectivity index (χ3n) is 3.04. The Kier molecular flexibility index (Phi) is 4.60. The molecular formula is C12H18BrNO2S. The van der Waals surface area contributed by atoms with Gasteiger partial charge in [0.05, 0.1) is 9.39 Å². The van der Waals surface area contributed by atoms with Gasteiger partial charge in [-0.05, 0) is 35.1 Å². The molecule has 0 atom stereocenters. The number of halogens is 1. The largest absolute Gasteiger partial charge is 0.388 e. The molecule has 0 bridgehead atoms. The third kappa shape index (κ3) is 4.03. The van der Waals surface area contributed by atoms with Crippen molar-refractivity contribution in [2.75, 3.05) is 26.8 Å². The average molecular weight is 320 g/mol. The highest BCUT2D eigenvalue weighted by molar-refractivity contribution is 9.11. The minimum Gasteiger partial charge on any atom is -0.388 e. The highest BCUT2D eigenvalue weighted by Gasteiger charge is 2.30. The lowest BCUT2D eigenvalue weighted by Gasteiger charge is -2.35. The van der Waals surface area contributed by atoms with E-state index in [9.17, 15) is 5.11 Å². The van der Waals surface area contributed by atoms with E-state index in [0.717, 1.165) is 23.2 Å². The fourth-order valence-corrected chi connectivity index (χ4v) is 3.73. The number of likely N-dealkylation sites (N-methyl/N-ethyl adjacent to an activating group) is 1. The summed E-state index contributed by atoms with van der Waals surface area (Å²) in [6.45, 7) is 2.95. The Labute approximate surface area is 115 Å². The van der Waals surface area contributed by atoms with Crippen molar-refractivity contribution in [1.82, 2.24) is 4.90 Å². The first-order valence-corrected chi connectivity index (χ1v) is 7.41. The molecule has 1 N–H and O–H groups in total. The normalized spacial score (nSPS) is 19.8. The van der Waals surface area contributed by atoms with Crippen molar-refractivity contribution in [3.63, 3.8) is 0 Å². The molecule has 0 saturated carbocycles. The van der Waals surface area contributed by atoms with E-state index < -0.39 is 5.60 Å². The van der Waals surface area contributed by atoms with Gasteiger partial charge in [0, 0.05) is 44.0 Å². The maximum absolute atomic E-state index is 10.4. The SMILES string of the molecule is CN(Cc1ccc(Br)s1)CC1(O)CCOCC1. The summed E-state index contributed by atoms with van der Waals surface area (Å²) >= 11 is 5.21. The van der Waals surface area contributed by atoms with E-state index in [-0.39, 0.29) is 0 Å². The highest BCUT2D eigenvalue weighted by Crippen LogP contribution is 2.25. The Bertz CT molecular complexity index is 363. The Balaban J connectivity index is 1.85. The number of aliphatic hydroxyl groups is 1. The van der Waals surface area contributed by atoms with Crippen molar-refractivity contribution < 1.29 is 9.84 Å². The Morgan fingerprint density at radius 3 is 2.76 bits per heavy atom. The summed E-state index contributed by atoms with van der Waals surface area (Å²) in [7, 11) is 2.06. The van der Waals surface area contributed by atoms with Crippen molar-refractivity contribution in [3.05, 3.63) is 20.8 Å². The summed E-state index contributed by atoms with van der Waals surface area (Å²) in [5, 5.41) is 10.4. The molecule has 2 heterocycles. The maximum Gasteiger partial charge on any atom is 0.0817 e. The van der Waals surface area contributed by atoms with Crippen molar-refractivity contribution in [1.29, 1.82) is 0 Å². The highest BCUT2D eigenvalue weighted by atomic mass is 79.9. The Morgan fingerprint density at radius 1 is 1.47 bits per heavy atom. The summed E-state index contributed by atoms with van der Waals surface area (Å²) in [4.78, 5) is 3.50. The summed E-state index contributed by atoms with van der Waals surface area (Å²) in [6.07, 6.45) is 1.48. The van der Waals surface area contributed by atoms with Crippen LogP contribution < -0.4 is 0 Å². The van der Waals surface area contributed by atoms with Crippen LogP contribution in [0.4, 0.5) is 0 Å². The van der Waals surface area contributed by atoms with Gasteiger partial charge in [0.25, 0.3) is 0 Å². The van der Waals surface area contributed by atoms with Crippen molar-refractivity contribution in [2.45, 2.75) is 25.0 Å². The van der Waals surface area contributed by atoms with E-state index in [1.54, 1.807) is 11.3 Å². The van der Waals surface area contributed by atoms with Crippen LogP contribution in [0.1, 0.15) is 17.7 Å². The average Bonchev–Trinajstić information content (AvgIpc) is 2.63. The predicted octanol–water partition coefficient (Wildman–Crippen LogP) is 2.48. The molecule has 0 unspecified atom stereocenters. The molecule has 1 saturated heterocycles. The molecule has 0 aliphatic carbocycles. The molecule has 1 fully saturated rings. The third-order valence-corrected chi connectivity index (χ3v) is 4.65. The first-order valence-electron chi connectivity index (χ1n) is 5.80. The number of thiophene rings is 1. The van der Waals surface area contributed by atoms with Gasteiger partial charge in [-0.15, -0.1) is 11.3 Å². The zero-order valence-electron chi connectivity index (χ0n) is 9.99. The Hall–Kier alpha value is 0.0600. The molecule has 0 spiro atoms. The number of nitrogens with zero attached hydrogens (tertiary/aromatic N) is 1. The van der Waals surface area contributed by atoms with Crippen LogP contribution in [-0.4, -0.2) is 42.4 Å². The van der Waals surface area contributed by atoms with Crippen molar-refractivity contribution >= 4 is 27.3 Å². The molecule has 0 amide bonds. The van der Waals surface area contributed by atoms with Crippen LogP contribution in [0.15, 0.2) is 15.9 Å².